The van der Waals surface area contributed by atoms with Crippen LogP contribution >= 0.6 is 11.6 Å². The molecule has 0 aliphatic heterocycles. The van der Waals surface area contributed by atoms with Gasteiger partial charge in [-0.2, -0.15) is 4.39 Å². The van der Waals surface area contributed by atoms with Crippen LogP contribution in [-0.2, 0) is 0 Å². The van der Waals surface area contributed by atoms with Crippen LogP contribution in [0.3, 0.4) is 0 Å². The van der Waals surface area contributed by atoms with Crippen molar-refractivity contribution in [2.75, 3.05) is 0 Å². The van der Waals surface area contributed by atoms with E-state index in [9.17, 15) is 14.0 Å². The molecule has 0 saturated carbocycles. The summed E-state index contributed by atoms with van der Waals surface area (Å²) in [5.74, 6) is -1.17. The topological polar surface area (TPSA) is 54.9 Å². The minimum Gasteiger partial charge on any atom is -0.295 e. The summed E-state index contributed by atoms with van der Waals surface area (Å²) < 4.78 is 14.1. The first kappa shape index (κ1) is 11.6. The van der Waals surface area contributed by atoms with Crippen molar-refractivity contribution < 1.29 is 4.39 Å². The zero-order valence-electron chi connectivity index (χ0n) is 8.83. The number of hydrogen-bond acceptors (Lipinski definition) is 2. The van der Waals surface area contributed by atoms with Crippen molar-refractivity contribution in [3.05, 3.63) is 61.6 Å². The Hall–Kier alpha value is -1.88. The van der Waals surface area contributed by atoms with E-state index in [1.807, 2.05) is 0 Å². The Kier molecular flexibility index (Phi) is 2.85. The number of para-hydroxylation sites is 1. The van der Waals surface area contributed by atoms with E-state index in [-0.39, 0.29) is 0 Å². The van der Waals surface area contributed by atoms with E-state index in [4.69, 9.17) is 11.6 Å². The molecule has 6 heteroatoms. The molecule has 4 nitrogen and oxygen atoms in total. The molecule has 17 heavy (non-hydrogen) atoms. The summed E-state index contributed by atoms with van der Waals surface area (Å²) in [5, 5.41) is -0.579. The third-order valence-electron chi connectivity index (χ3n) is 2.36. The van der Waals surface area contributed by atoms with E-state index >= 15 is 0 Å². The summed E-state index contributed by atoms with van der Waals surface area (Å²) in [7, 11) is 0. The molecule has 0 atom stereocenters. The Balaban J connectivity index is 2.87. The van der Waals surface area contributed by atoms with Crippen molar-refractivity contribution in [3.63, 3.8) is 0 Å². The molecule has 0 bridgehead atoms. The van der Waals surface area contributed by atoms with Gasteiger partial charge in [0.15, 0.2) is 5.15 Å². The van der Waals surface area contributed by atoms with Crippen LogP contribution in [0.25, 0.3) is 5.69 Å². The largest absolute Gasteiger partial charge is 0.334 e. The average molecular weight is 255 g/mol. The SMILES string of the molecule is Cc1ccccc1-n1c(=O)[nH]c(Cl)c(F)c1=O. The average Bonchev–Trinajstić information content (AvgIpc) is 2.29. The van der Waals surface area contributed by atoms with Gasteiger partial charge in [-0.05, 0) is 18.6 Å². The van der Waals surface area contributed by atoms with E-state index in [1.54, 1.807) is 31.2 Å². The van der Waals surface area contributed by atoms with Gasteiger partial charge < -0.3 is 0 Å². The number of nitrogens with zero attached hydrogens (tertiary/aromatic N) is 1. The van der Waals surface area contributed by atoms with Crippen LogP contribution in [0.5, 0.6) is 0 Å². The standard InChI is InChI=1S/C11H8ClFN2O2/c1-6-4-2-3-5-7(6)15-10(16)8(13)9(12)14-11(15)17/h2-5H,1H3,(H,14,17). The quantitative estimate of drug-likeness (QED) is 0.787. The van der Waals surface area contributed by atoms with Crippen LogP contribution in [-0.4, -0.2) is 9.55 Å². The summed E-state index contributed by atoms with van der Waals surface area (Å²) in [6, 6.07) is 6.68. The summed E-state index contributed by atoms with van der Waals surface area (Å²) in [5.41, 5.74) is -0.820. The Morgan fingerprint density at radius 3 is 2.59 bits per heavy atom. The fourth-order valence-electron chi connectivity index (χ4n) is 1.52. The Bertz CT molecular complexity index is 691. The number of rotatable bonds is 1. The van der Waals surface area contributed by atoms with Gasteiger partial charge in [0.05, 0.1) is 5.69 Å². The molecule has 0 saturated heterocycles. The van der Waals surface area contributed by atoms with Gasteiger partial charge in [-0.15, -0.1) is 0 Å². The second-order valence-corrected chi connectivity index (χ2v) is 3.86. The normalized spacial score (nSPS) is 10.5. The maximum atomic E-state index is 13.4. The fraction of sp³-hybridized carbons (Fsp3) is 0.0909. The molecule has 2 aromatic rings. The molecular weight excluding hydrogens is 247 g/mol. The minimum atomic E-state index is -1.17. The number of hydrogen-bond donors (Lipinski definition) is 1. The van der Waals surface area contributed by atoms with Crippen molar-refractivity contribution in [2.24, 2.45) is 0 Å². The predicted molar refractivity (Wildman–Crippen MR) is 62.4 cm³/mol. The Labute approximate surface area is 100 Å². The molecule has 0 fully saturated rings. The number of aryl methyl sites for hydroxylation is 1. The van der Waals surface area contributed by atoms with Gasteiger partial charge in [-0.1, -0.05) is 29.8 Å². The number of halogens is 2. The van der Waals surface area contributed by atoms with Crippen molar-refractivity contribution >= 4 is 11.6 Å². The van der Waals surface area contributed by atoms with E-state index in [0.29, 0.717) is 11.3 Å². The molecule has 88 valence electrons. The maximum Gasteiger partial charge on any atom is 0.334 e. The van der Waals surface area contributed by atoms with Crippen LogP contribution in [0.1, 0.15) is 5.56 Å². The van der Waals surface area contributed by atoms with Gasteiger partial charge in [0.1, 0.15) is 0 Å². The zero-order valence-corrected chi connectivity index (χ0v) is 9.58. The highest BCUT2D eigenvalue weighted by molar-refractivity contribution is 6.29. The molecule has 1 heterocycles. The number of aromatic nitrogens is 2. The third-order valence-corrected chi connectivity index (χ3v) is 2.62. The van der Waals surface area contributed by atoms with Gasteiger partial charge in [-0.25, -0.2) is 9.36 Å². The molecule has 2 rings (SSSR count). The minimum absolute atomic E-state index is 0.328. The molecular formula is C11H8ClFN2O2. The van der Waals surface area contributed by atoms with Gasteiger partial charge >= 0.3 is 5.69 Å². The lowest BCUT2D eigenvalue weighted by atomic mass is 10.2. The highest BCUT2D eigenvalue weighted by Crippen LogP contribution is 2.10. The van der Waals surface area contributed by atoms with Crippen LogP contribution in [0.4, 0.5) is 4.39 Å². The molecule has 1 N–H and O–H groups in total. The van der Waals surface area contributed by atoms with E-state index in [0.717, 1.165) is 4.57 Å². The van der Waals surface area contributed by atoms with Crippen molar-refractivity contribution in [1.82, 2.24) is 9.55 Å². The van der Waals surface area contributed by atoms with E-state index < -0.39 is 22.2 Å². The van der Waals surface area contributed by atoms with E-state index in [2.05, 4.69) is 4.98 Å². The molecule has 0 spiro atoms. The highest BCUT2D eigenvalue weighted by atomic mass is 35.5. The Morgan fingerprint density at radius 2 is 1.94 bits per heavy atom. The first-order valence-corrected chi connectivity index (χ1v) is 5.16. The number of aromatic amines is 1. The number of nitrogens with one attached hydrogen (secondary N) is 1. The van der Waals surface area contributed by atoms with Crippen LogP contribution in [0.2, 0.25) is 5.15 Å². The molecule has 0 amide bonds. The molecule has 0 aliphatic rings. The number of H-pyrrole nitrogens is 1. The van der Waals surface area contributed by atoms with Gasteiger partial charge in [0.25, 0.3) is 5.56 Å². The summed E-state index contributed by atoms with van der Waals surface area (Å²) in [4.78, 5) is 25.3. The molecule has 0 radical (unpaired) electrons. The maximum absolute atomic E-state index is 13.4. The first-order valence-electron chi connectivity index (χ1n) is 4.78. The Morgan fingerprint density at radius 1 is 1.29 bits per heavy atom. The van der Waals surface area contributed by atoms with Gasteiger partial charge in [0.2, 0.25) is 5.82 Å². The van der Waals surface area contributed by atoms with Crippen LogP contribution in [0, 0.1) is 12.7 Å². The summed E-state index contributed by atoms with van der Waals surface area (Å²) in [6.07, 6.45) is 0. The fourth-order valence-corrected chi connectivity index (χ4v) is 1.68. The summed E-state index contributed by atoms with van der Waals surface area (Å²) >= 11 is 5.37. The lowest BCUT2D eigenvalue weighted by Crippen LogP contribution is -2.36. The molecule has 1 aromatic heterocycles. The second-order valence-electron chi connectivity index (χ2n) is 3.49. The van der Waals surface area contributed by atoms with Crippen molar-refractivity contribution in [1.29, 1.82) is 0 Å². The lowest BCUT2D eigenvalue weighted by Gasteiger charge is -2.07. The van der Waals surface area contributed by atoms with Crippen molar-refractivity contribution in [3.8, 4) is 5.69 Å². The molecule has 0 unspecified atom stereocenters. The monoisotopic (exact) mass is 254 g/mol. The highest BCUT2D eigenvalue weighted by Gasteiger charge is 2.14. The smallest absolute Gasteiger partial charge is 0.295 e. The van der Waals surface area contributed by atoms with Crippen LogP contribution in [0.15, 0.2) is 33.9 Å². The summed E-state index contributed by atoms with van der Waals surface area (Å²) in [6.45, 7) is 1.72. The molecule has 1 aromatic carbocycles. The second kappa shape index (κ2) is 4.18. The molecule has 0 aliphatic carbocycles. The van der Waals surface area contributed by atoms with Crippen LogP contribution < -0.4 is 11.2 Å². The lowest BCUT2D eigenvalue weighted by molar-refractivity contribution is 0.584. The van der Waals surface area contributed by atoms with Crippen molar-refractivity contribution in [2.45, 2.75) is 6.92 Å². The van der Waals surface area contributed by atoms with Gasteiger partial charge in [0, 0.05) is 0 Å². The predicted octanol–water partition coefficient (Wildman–Crippen LogP) is 1.63. The first-order chi connectivity index (χ1) is 8.02. The number of benzene rings is 1. The zero-order chi connectivity index (χ0) is 12.6. The van der Waals surface area contributed by atoms with Gasteiger partial charge in [-0.3, -0.25) is 9.78 Å². The van der Waals surface area contributed by atoms with E-state index in [1.165, 1.54) is 0 Å². The third kappa shape index (κ3) is 1.89.